The summed E-state index contributed by atoms with van der Waals surface area (Å²) in [7, 11) is 3.81. The lowest BCUT2D eigenvalue weighted by Crippen LogP contribution is -2.35. The van der Waals surface area contributed by atoms with Crippen LogP contribution in [0.3, 0.4) is 0 Å². The van der Waals surface area contributed by atoms with Crippen molar-refractivity contribution in [3.8, 4) is 11.5 Å². The molecule has 7 nitrogen and oxygen atoms in total. The van der Waals surface area contributed by atoms with E-state index in [2.05, 4.69) is 0 Å². The highest BCUT2D eigenvalue weighted by molar-refractivity contribution is 6.46. The third-order valence-corrected chi connectivity index (χ3v) is 5.48. The molecule has 3 rings (SSSR count). The zero-order valence-corrected chi connectivity index (χ0v) is 20.6. The third kappa shape index (κ3) is 5.59. The third-order valence-electron chi connectivity index (χ3n) is 5.48. The minimum atomic E-state index is -0.768. The van der Waals surface area contributed by atoms with Crippen LogP contribution in [0.15, 0.2) is 54.1 Å². The number of Topliss-reactive ketones (excluding diaryl/α,β-unsaturated/α-hetero) is 1. The Morgan fingerprint density at radius 1 is 1.12 bits per heavy atom. The van der Waals surface area contributed by atoms with E-state index in [1.165, 1.54) is 4.90 Å². The number of amides is 1. The molecule has 1 aliphatic rings. The number of nitrogens with zero attached hydrogens (tertiary/aromatic N) is 2. The molecule has 1 heterocycles. The van der Waals surface area contributed by atoms with Crippen LogP contribution >= 0.6 is 0 Å². The smallest absolute Gasteiger partial charge is 0.295 e. The van der Waals surface area contributed by atoms with Gasteiger partial charge in [0.05, 0.1) is 24.3 Å². The van der Waals surface area contributed by atoms with Crippen LogP contribution in [0.5, 0.6) is 11.5 Å². The number of rotatable bonds is 10. The standard InChI is InChI=1S/C27H34N2O5/c1-6-16-33-20-11-9-10-19(17-20)25(30)23-24(21-12-7-8-13-22(21)34-18(2)3)29(15-14-28(4)5)27(32)26(23)31/h7-13,17-18,24,30H,6,14-16H2,1-5H3/b25-23-. The van der Waals surface area contributed by atoms with Crippen LogP contribution in [0, 0.1) is 0 Å². The van der Waals surface area contributed by atoms with E-state index in [0.717, 1.165) is 6.42 Å². The fourth-order valence-corrected chi connectivity index (χ4v) is 3.92. The molecule has 0 radical (unpaired) electrons. The van der Waals surface area contributed by atoms with E-state index in [1.807, 2.05) is 64.0 Å². The van der Waals surface area contributed by atoms with Crippen molar-refractivity contribution >= 4 is 17.4 Å². The molecule has 0 aromatic heterocycles. The summed E-state index contributed by atoms with van der Waals surface area (Å²) in [5.41, 5.74) is 1.14. The molecule has 1 unspecified atom stereocenters. The van der Waals surface area contributed by atoms with Crippen LogP contribution < -0.4 is 9.47 Å². The zero-order chi connectivity index (χ0) is 24.8. The zero-order valence-electron chi connectivity index (χ0n) is 20.6. The van der Waals surface area contributed by atoms with Crippen molar-refractivity contribution in [2.45, 2.75) is 39.3 Å². The Bertz CT molecular complexity index is 1060. The molecule has 0 saturated carbocycles. The van der Waals surface area contributed by atoms with Crippen LogP contribution in [0.4, 0.5) is 0 Å². The van der Waals surface area contributed by atoms with Crippen molar-refractivity contribution in [3.05, 3.63) is 65.2 Å². The van der Waals surface area contributed by atoms with Gasteiger partial charge in [-0.05, 0) is 52.6 Å². The van der Waals surface area contributed by atoms with Gasteiger partial charge in [-0.1, -0.05) is 37.3 Å². The molecular formula is C27H34N2O5. The molecule has 1 atom stereocenters. The molecule has 1 saturated heterocycles. The number of para-hydroxylation sites is 1. The second-order valence-electron chi connectivity index (χ2n) is 8.88. The van der Waals surface area contributed by atoms with E-state index < -0.39 is 17.7 Å². The average Bonchev–Trinajstić information content (AvgIpc) is 3.05. The highest BCUT2D eigenvalue weighted by atomic mass is 16.5. The van der Waals surface area contributed by atoms with E-state index in [4.69, 9.17) is 9.47 Å². The summed E-state index contributed by atoms with van der Waals surface area (Å²) in [4.78, 5) is 29.9. The molecule has 1 amide bonds. The van der Waals surface area contributed by atoms with Gasteiger partial charge >= 0.3 is 0 Å². The first kappa shape index (κ1) is 25.3. The number of aliphatic hydroxyl groups excluding tert-OH is 1. The SMILES string of the molecule is CCCOc1cccc(/C(O)=C2/C(=O)C(=O)N(CCN(C)C)C2c2ccccc2OC(C)C)c1. The lowest BCUT2D eigenvalue weighted by molar-refractivity contribution is -0.140. The minimum Gasteiger partial charge on any atom is -0.507 e. The predicted molar refractivity (Wildman–Crippen MR) is 132 cm³/mol. The number of ether oxygens (including phenoxy) is 2. The molecule has 2 aromatic carbocycles. The van der Waals surface area contributed by atoms with Crippen molar-refractivity contribution in [2.75, 3.05) is 33.8 Å². The van der Waals surface area contributed by atoms with Crippen LogP contribution in [-0.2, 0) is 9.59 Å². The number of aliphatic hydroxyl groups is 1. The summed E-state index contributed by atoms with van der Waals surface area (Å²) < 4.78 is 11.7. The summed E-state index contributed by atoms with van der Waals surface area (Å²) in [6.45, 7) is 7.28. The summed E-state index contributed by atoms with van der Waals surface area (Å²) >= 11 is 0. The van der Waals surface area contributed by atoms with Crippen molar-refractivity contribution in [1.82, 2.24) is 9.80 Å². The van der Waals surface area contributed by atoms with Gasteiger partial charge in [0, 0.05) is 24.2 Å². The van der Waals surface area contributed by atoms with Gasteiger partial charge in [-0.15, -0.1) is 0 Å². The summed E-state index contributed by atoms with van der Waals surface area (Å²) in [5.74, 6) is -0.401. The highest BCUT2D eigenvalue weighted by Crippen LogP contribution is 2.43. The summed E-state index contributed by atoms with van der Waals surface area (Å²) in [5, 5.41) is 11.3. The number of carbonyl (C=O) groups is 2. The first-order chi connectivity index (χ1) is 16.2. The predicted octanol–water partition coefficient (Wildman–Crippen LogP) is 4.25. The van der Waals surface area contributed by atoms with E-state index in [0.29, 0.717) is 42.3 Å². The van der Waals surface area contributed by atoms with Crippen LogP contribution in [0.1, 0.15) is 44.4 Å². The molecule has 1 N–H and O–H groups in total. The maximum absolute atomic E-state index is 13.3. The molecular weight excluding hydrogens is 432 g/mol. The van der Waals surface area contributed by atoms with E-state index in [-0.39, 0.29) is 17.4 Å². The van der Waals surface area contributed by atoms with Gasteiger partial charge in [0.1, 0.15) is 17.3 Å². The van der Waals surface area contributed by atoms with Gasteiger partial charge in [-0.2, -0.15) is 0 Å². The molecule has 0 aliphatic carbocycles. The van der Waals surface area contributed by atoms with E-state index in [1.54, 1.807) is 24.3 Å². The van der Waals surface area contributed by atoms with Gasteiger partial charge in [0.15, 0.2) is 0 Å². The van der Waals surface area contributed by atoms with Crippen LogP contribution in [0.2, 0.25) is 0 Å². The second-order valence-corrected chi connectivity index (χ2v) is 8.88. The van der Waals surface area contributed by atoms with E-state index in [9.17, 15) is 14.7 Å². The van der Waals surface area contributed by atoms with Gasteiger partial charge in [-0.25, -0.2) is 0 Å². The molecule has 0 spiro atoms. The Kier molecular flexibility index (Phi) is 8.34. The molecule has 34 heavy (non-hydrogen) atoms. The van der Waals surface area contributed by atoms with Crippen molar-refractivity contribution in [3.63, 3.8) is 0 Å². The number of likely N-dealkylation sites (tertiary alicyclic amines) is 1. The normalized spacial score (nSPS) is 17.6. The maximum atomic E-state index is 13.3. The van der Waals surface area contributed by atoms with Crippen molar-refractivity contribution < 1.29 is 24.2 Å². The Morgan fingerprint density at radius 3 is 2.53 bits per heavy atom. The molecule has 0 bridgehead atoms. The second kappa shape index (κ2) is 11.2. The molecule has 182 valence electrons. The average molecular weight is 467 g/mol. The summed E-state index contributed by atoms with van der Waals surface area (Å²) in [6, 6.07) is 13.5. The Balaban J connectivity index is 2.16. The molecule has 1 aliphatic heterocycles. The Morgan fingerprint density at radius 2 is 1.85 bits per heavy atom. The largest absolute Gasteiger partial charge is 0.507 e. The molecule has 2 aromatic rings. The van der Waals surface area contributed by atoms with Crippen LogP contribution in [0.25, 0.3) is 5.76 Å². The number of ketones is 1. The lowest BCUT2D eigenvalue weighted by Gasteiger charge is -2.28. The first-order valence-corrected chi connectivity index (χ1v) is 11.7. The fraction of sp³-hybridized carbons (Fsp3) is 0.407. The van der Waals surface area contributed by atoms with Gasteiger partial charge < -0.3 is 24.4 Å². The van der Waals surface area contributed by atoms with Gasteiger partial charge in [-0.3, -0.25) is 9.59 Å². The van der Waals surface area contributed by atoms with Crippen LogP contribution in [-0.4, -0.2) is 66.5 Å². The summed E-state index contributed by atoms with van der Waals surface area (Å²) in [6.07, 6.45) is 0.748. The van der Waals surface area contributed by atoms with E-state index >= 15 is 0 Å². The lowest BCUT2D eigenvalue weighted by atomic mass is 9.94. The van der Waals surface area contributed by atoms with Crippen molar-refractivity contribution in [1.29, 1.82) is 0 Å². The Hall–Kier alpha value is -3.32. The topological polar surface area (TPSA) is 79.3 Å². The highest BCUT2D eigenvalue weighted by Gasteiger charge is 2.47. The maximum Gasteiger partial charge on any atom is 0.295 e. The number of carbonyl (C=O) groups excluding carboxylic acids is 2. The quantitative estimate of drug-likeness (QED) is 0.320. The fourth-order valence-electron chi connectivity index (χ4n) is 3.92. The number of hydrogen-bond acceptors (Lipinski definition) is 6. The van der Waals surface area contributed by atoms with Gasteiger partial charge in [0.25, 0.3) is 11.7 Å². The number of hydrogen-bond donors (Lipinski definition) is 1. The van der Waals surface area contributed by atoms with Gasteiger partial charge in [0.2, 0.25) is 0 Å². The number of likely N-dealkylation sites (N-methyl/N-ethyl adjacent to an activating group) is 1. The Labute approximate surface area is 201 Å². The first-order valence-electron chi connectivity index (χ1n) is 11.7. The number of benzene rings is 2. The minimum absolute atomic E-state index is 0.0520. The molecule has 1 fully saturated rings. The monoisotopic (exact) mass is 466 g/mol. The molecule has 7 heteroatoms. The van der Waals surface area contributed by atoms with Crippen molar-refractivity contribution in [2.24, 2.45) is 0 Å².